The molecule has 1 aromatic rings. The molecule has 0 aromatic heterocycles. The Morgan fingerprint density at radius 2 is 1.84 bits per heavy atom. The predicted octanol–water partition coefficient (Wildman–Crippen LogP) is 3.79. The van der Waals surface area contributed by atoms with Crippen LogP contribution >= 0.6 is 0 Å². The third-order valence-electron chi connectivity index (χ3n) is 8.66. The van der Waals surface area contributed by atoms with Crippen molar-refractivity contribution in [1.29, 1.82) is 0 Å². The van der Waals surface area contributed by atoms with Crippen LogP contribution in [-0.2, 0) is 19.2 Å². The maximum absolute atomic E-state index is 13.9. The van der Waals surface area contributed by atoms with Crippen LogP contribution in [0.3, 0.4) is 0 Å². The van der Waals surface area contributed by atoms with Crippen LogP contribution in [0.1, 0.15) is 71.3 Å². The molecule has 0 spiro atoms. The summed E-state index contributed by atoms with van der Waals surface area (Å²) in [5.74, 6) is -1.42. The number of likely N-dealkylation sites (tertiary alicyclic amines) is 1. The number of hydrogen-bond donors (Lipinski definition) is 2. The molecule has 204 valence electrons. The van der Waals surface area contributed by atoms with E-state index in [1.807, 2.05) is 51.1 Å². The molecule has 9 heteroatoms. The summed E-state index contributed by atoms with van der Waals surface area (Å²) < 4.78 is 5.96. The van der Waals surface area contributed by atoms with E-state index in [-0.39, 0.29) is 17.7 Å². The van der Waals surface area contributed by atoms with Crippen LogP contribution in [0.15, 0.2) is 30.3 Å². The standard InChI is InChI=1S/C28H41N3O6/c1-19(22(36-5)28(26(2,3)4)14-11-15-30(28)25(34)35)23(32)29-27(24(33)31-16-9-10-17-37-31)18-21(27)20-12-7-6-8-13-20/h6-8,12-13,19,21-22H,9-11,14-18H2,1-5H3,(H,29,32)(H,34,35)/t19-,21-,22-,27+,28-/m1/s1. The van der Waals surface area contributed by atoms with Gasteiger partial charge in [-0.2, -0.15) is 0 Å². The van der Waals surface area contributed by atoms with Crippen LogP contribution in [0.2, 0.25) is 0 Å². The van der Waals surface area contributed by atoms with Gasteiger partial charge >= 0.3 is 6.09 Å². The fourth-order valence-electron chi connectivity index (χ4n) is 6.65. The van der Waals surface area contributed by atoms with Gasteiger partial charge in [0.15, 0.2) is 0 Å². The van der Waals surface area contributed by atoms with Gasteiger partial charge in [0, 0.05) is 26.1 Å². The van der Waals surface area contributed by atoms with Gasteiger partial charge in [-0.25, -0.2) is 9.86 Å². The maximum Gasteiger partial charge on any atom is 0.407 e. The number of nitrogens with zero attached hydrogens (tertiary/aromatic N) is 2. The molecule has 3 aliphatic rings. The Labute approximate surface area is 219 Å². The molecule has 37 heavy (non-hydrogen) atoms. The van der Waals surface area contributed by atoms with Gasteiger partial charge in [0.25, 0.3) is 5.91 Å². The highest BCUT2D eigenvalue weighted by atomic mass is 16.7. The fourth-order valence-corrected chi connectivity index (χ4v) is 6.65. The van der Waals surface area contributed by atoms with E-state index in [4.69, 9.17) is 9.57 Å². The Balaban J connectivity index is 1.63. The van der Waals surface area contributed by atoms with E-state index in [2.05, 4.69) is 5.32 Å². The molecule has 4 rings (SSSR count). The first kappa shape index (κ1) is 27.4. The molecule has 9 nitrogen and oxygen atoms in total. The van der Waals surface area contributed by atoms with Crippen molar-refractivity contribution in [3.63, 3.8) is 0 Å². The topological polar surface area (TPSA) is 108 Å². The SMILES string of the molecule is CO[C@H]([C@@H](C)C(=O)N[C@@]1(C(=O)N2CCCCO2)C[C@@H]1c1ccccc1)[C@@]1(C(C)(C)C)CCCN1C(=O)O. The number of rotatable bonds is 7. The van der Waals surface area contributed by atoms with Crippen LogP contribution in [0.4, 0.5) is 4.79 Å². The number of methoxy groups -OCH3 is 1. The van der Waals surface area contributed by atoms with Gasteiger partial charge in [-0.15, -0.1) is 0 Å². The highest BCUT2D eigenvalue weighted by molar-refractivity contribution is 5.96. The second-order valence-corrected chi connectivity index (χ2v) is 11.7. The molecule has 1 aliphatic carbocycles. The number of carboxylic acid groups (broad SMARTS) is 1. The van der Waals surface area contributed by atoms with Crippen molar-refractivity contribution in [3.8, 4) is 0 Å². The summed E-state index contributed by atoms with van der Waals surface area (Å²) in [6, 6.07) is 9.73. The third-order valence-corrected chi connectivity index (χ3v) is 8.66. The summed E-state index contributed by atoms with van der Waals surface area (Å²) in [5, 5.41) is 14.6. The first-order valence-electron chi connectivity index (χ1n) is 13.3. The highest BCUT2D eigenvalue weighted by Gasteiger charge is 2.65. The van der Waals surface area contributed by atoms with E-state index in [1.165, 1.54) is 17.1 Å². The molecule has 1 saturated carbocycles. The third kappa shape index (κ3) is 4.72. The normalized spacial score (nSPS) is 29.5. The van der Waals surface area contributed by atoms with E-state index in [0.717, 1.165) is 18.4 Å². The van der Waals surface area contributed by atoms with Gasteiger partial charge < -0.3 is 15.2 Å². The van der Waals surface area contributed by atoms with Crippen LogP contribution < -0.4 is 5.32 Å². The number of nitrogens with one attached hydrogen (secondary N) is 1. The van der Waals surface area contributed by atoms with Crippen molar-refractivity contribution >= 4 is 17.9 Å². The number of benzene rings is 1. The Morgan fingerprint density at radius 1 is 1.14 bits per heavy atom. The van der Waals surface area contributed by atoms with Crippen molar-refractivity contribution in [3.05, 3.63) is 35.9 Å². The lowest BCUT2D eigenvalue weighted by molar-refractivity contribution is -0.200. The van der Waals surface area contributed by atoms with Gasteiger partial charge in [-0.3, -0.25) is 19.3 Å². The minimum absolute atomic E-state index is 0.164. The quantitative estimate of drug-likeness (QED) is 0.572. The van der Waals surface area contributed by atoms with Crippen molar-refractivity contribution in [1.82, 2.24) is 15.3 Å². The molecule has 2 heterocycles. The van der Waals surface area contributed by atoms with Gasteiger partial charge in [0.2, 0.25) is 5.91 Å². The van der Waals surface area contributed by atoms with E-state index in [9.17, 15) is 19.5 Å². The minimum atomic E-state index is -1.10. The first-order chi connectivity index (χ1) is 17.5. The lowest BCUT2D eigenvalue weighted by Crippen LogP contribution is -2.66. The first-order valence-corrected chi connectivity index (χ1v) is 13.3. The van der Waals surface area contributed by atoms with Crippen LogP contribution in [0.5, 0.6) is 0 Å². The minimum Gasteiger partial charge on any atom is -0.465 e. The molecular weight excluding hydrogens is 474 g/mol. The van der Waals surface area contributed by atoms with Gasteiger partial charge in [-0.05, 0) is 43.1 Å². The van der Waals surface area contributed by atoms with Crippen molar-refractivity contribution in [2.45, 2.75) is 82.9 Å². The molecule has 2 N–H and O–H groups in total. The smallest absolute Gasteiger partial charge is 0.407 e. The molecule has 1 aromatic carbocycles. The summed E-state index contributed by atoms with van der Waals surface area (Å²) in [7, 11) is 1.53. The Morgan fingerprint density at radius 3 is 2.41 bits per heavy atom. The second-order valence-electron chi connectivity index (χ2n) is 11.7. The molecular formula is C28H41N3O6. The zero-order valence-corrected chi connectivity index (χ0v) is 22.7. The molecule has 0 bridgehead atoms. The second kappa shape index (κ2) is 10.3. The van der Waals surface area contributed by atoms with E-state index in [1.54, 1.807) is 6.92 Å². The summed E-state index contributed by atoms with van der Waals surface area (Å²) in [6.07, 6.45) is 1.82. The lowest BCUT2D eigenvalue weighted by atomic mass is 9.65. The molecule has 3 amide bonds. The summed E-state index contributed by atoms with van der Waals surface area (Å²) in [6.45, 7) is 9.13. The molecule has 0 unspecified atom stereocenters. The molecule has 2 aliphatic heterocycles. The largest absolute Gasteiger partial charge is 0.465 e. The van der Waals surface area contributed by atoms with E-state index in [0.29, 0.717) is 39.0 Å². The Bertz CT molecular complexity index is 1000. The van der Waals surface area contributed by atoms with Crippen molar-refractivity contribution in [2.24, 2.45) is 11.3 Å². The average molecular weight is 516 g/mol. The van der Waals surface area contributed by atoms with Gasteiger partial charge in [-0.1, -0.05) is 58.0 Å². The predicted molar refractivity (Wildman–Crippen MR) is 138 cm³/mol. The molecule has 5 atom stereocenters. The molecule has 0 radical (unpaired) electrons. The zero-order valence-electron chi connectivity index (χ0n) is 22.7. The Hall–Kier alpha value is -2.65. The van der Waals surface area contributed by atoms with E-state index < -0.39 is 34.6 Å². The average Bonchev–Trinajstić information content (AvgIpc) is 3.41. The van der Waals surface area contributed by atoms with Crippen LogP contribution in [0.25, 0.3) is 0 Å². The number of ether oxygens (including phenoxy) is 1. The van der Waals surface area contributed by atoms with Gasteiger partial charge in [0.05, 0.1) is 24.2 Å². The Kier molecular flexibility index (Phi) is 7.59. The summed E-state index contributed by atoms with van der Waals surface area (Å²) in [4.78, 5) is 47.1. The van der Waals surface area contributed by atoms with Crippen molar-refractivity contribution < 1.29 is 29.1 Å². The van der Waals surface area contributed by atoms with E-state index >= 15 is 0 Å². The molecule has 3 fully saturated rings. The van der Waals surface area contributed by atoms with Crippen LogP contribution in [0, 0.1) is 11.3 Å². The number of amides is 3. The highest BCUT2D eigenvalue weighted by Crippen LogP contribution is 2.54. The number of hydroxylamine groups is 2. The zero-order chi connectivity index (χ0) is 27.0. The van der Waals surface area contributed by atoms with Gasteiger partial charge in [0.1, 0.15) is 5.54 Å². The van der Waals surface area contributed by atoms with Crippen LogP contribution in [-0.4, -0.2) is 77.0 Å². The monoisotopic (exact) mass is 515 g/mol. The summed E-state index contributed by atoms with van der Waals surface area (Å²) in [5.41, 5.74) is -1.49. The number of carbonyl (C=O) groups is 3. The number of carbonyl (C=O) groups excluding carboxylic acids is 2. The maximum atomic E-state index is 13.9. The van der Waals surface area contributed by atoms with Crippen molar-refractivity contribution in [2.75, 3.05) is 26.8 Å². The summed E-state index contributed by atoms with van der Waals surface area (Å²) >= 11 is 0. The number of hydrogen-bond acceptors (Lipinski definition) is 5. The molecule has 2 saturated heterocycles. The fraction of sp³-hybridized carbons (Fsp3) is 0.679. The lowest BCUT2D eigenvalue weighted by Gasteiger charge is -2.52.